The molecule has 2 N–H and O–H groups in total. The van der Waals surface area contributed by atoms with Gasteiger partial charge >= 0.3 is 0 Å². The van der Waals surface area contributed by atoms with Crippen molar-refractivity contribution in [2.75, 3.05) is 0 Å². The molecule has 0 radical (unpaired) electrons. The molecular weight excluding hydrogens is 893 g/mol. The highest BCUT2D eigenvalue weighted by molar-refractivity contribution is 5.90. The molecule has 0 bridgehead atoms. The molecule has 4 nitrogen and oxygen atoms in total. The number of benzene rings is 8. The number of rotatable bonds is 12. The fourth-order valence-corrected chi connectivity index (χ4v) is 13.2. The molecule has 8 aromatic rings. The average molecular weight is 961 g/mol. The maximum Gasteiger partial charge on any atom is 0.131 e. The molecule has 4 aliphatic rings. The smallest absolute Gasteiger partial charge is 0.131 e. The maximum absolute atomic E-state index is 12.7. The minimum absolute atomic E-state index is 0.321. The van der Waals surface area contributed by atoms with E-state index in [0.29, 0.717) is 29.4 Å². The second kappa shape index (κ2) is 20.5. The van der Waals surface area contributed by atoms with E-state index in [1.54, 1.807) is 0 Å². The van der Waals surface area contributed by atoms with Crippen molar-refractivity contribution in [1.82, 2.24) is 0 Å². The van der Waals surface area contributed by atoms with Gasteiger partial charge in [-0.05, 0) is 231 Å². The Hall–Kier alpha value is -7.04. The maximum atomic E-state index is 12.7. The van der Waals surface area contributed by atoms with Gasteiger partial charge in [-0.1, -0.05) is 109 Å². The van der Waals surface area contributed by atoms with Crippen LogP contribution < -0.4 is 9.47 Å². The Kier molecular flexibility index (Phi) is 13.2. The Labute approximate surface area is 432 Å². The van der Waals surface area contributed by atoms with Crippen LogP contribution in [0.3, 0.4) is 0 Å². The van der Waals surface area contributed by atoms with Gasteiger partial charge in [0.05, 0.1) is 0 Å². The number of hydrogen-bond donors (Lipinski definition) is 2. The van der Waals surface area contributed by atoms with Crippen LogP contribution in [0.2, 0.25) is 0 Å². The molecule has 2 atom stereocenters. The topological polar surface area (TPSA) is 58.9 Å². The Balaban J connectivity index is 0.928. The normalized spacial score (nSPS) is 15.8. The van der Waals surface area contributed by atoms with E-state index in [1.165, 1.54) is 107 Å². The van der Waals surface area contributed by atoms with E-state index < -0.39 is 12.2 Å². The summed E-state index contributed by atoms with van der Waals surface area (Å²) in [6, 6.07) is 51.1. The summed E-state index contributed by atoms with van der Waals surface area (Å²) in [5, 5.41) is 25.4. The molecule has 0 aliphatic heterocycles. The SMILES string of the molecule is Cc1cc(-c2ccccc2OC(C[C@@H](Oc2ccccc2-c2cc(C)cc(-c3c4c(cc5c3CCCC5)CCCC4)c2O)c2ccccc2)c2ccccc2)c(O)c(-c2c3c(cc4c2CCCC4)CCCC3)c1. The molecule has 0 heterocycles. The van der Waals surface area contributed by atoms with Gasteiger partial charge in [-0.3, -0.25) is 0 Å². The number of aryl methyl sites for hydroxylation is 6. The zero-order valence-electron chi connectivity index (χ0n) is 42.7. The zero-order chi connectivity index (χ0) is 49.4. The first kappa shape index (κ1) is 47.0. The third-order valence-electron chi connectivity index (χ3n) is 16.7. The minimum atomic E-state index is -0.436. The minimum Gasteiger partial charge on any atom is -0.507 e. The monoisotopic (exact) mass is 961 g/mol. The molecule has 0 aromatic heterocycles. The van der Waals surface area contributed by atoms with E-state index in [4.69, 9.17) is 9.47 Å². The van der Waals surface area contributed by atoms with Crippen molar-refractivity contribution >= 4 is 0 Å². The number of aromatic hydroxyl groups is 2. The van der Waals surface area contributed by atoms with E-state index in [2.05, 4.69) is 111 Å². The summed E-state index contributed by atoms with van der Waals surface area (Å²) in [6.45, 7) is 4.31. The molecule has 0 saturated carbocycles. The Bertz CT molecular complexity index is 3040. The lowest BCUT2D eigenvalue weighted by atomic mass is 9.76. The first-order valence-electron chi connectivity index (χ1n) is 27.5. The summed E-state index contributed by atoms with van der Waals surface area (Å²) >= 11 is 0. The Morgan fingerprint density at radius 3 is 1.04 bits per heavy atom. The fraction of sp³-hybridized carbons (Fsp3) is 0.304. The van der Waals surface area contributed by atoms with Crippen molar-refractivity contribution < 1.29 is 19.7 Å². The summed E-state index contributed by atoms with van der Waals surface area (Å²) in [6.07, 6.45) is 17.9. The van der Waals surface area contributed by atoms with Crippen LogP contribution in [0, 0.1) is 13.8 Å². The van der Waals surface area contributed by atoms with Crippen molar-refractivity contribution in [2.45, 2.75) is 135 Å². The van der Waals surface area contributed by atoms with E-state index in [9.17, 15) is 10.2 Å². The lowest BCUT2D eigenvalue weighted by molar-refractivity contribution is 0.111. The van der Waals surface area contributed by atoms with Crippen LogP contribution in [0.1, 0.15) is 137 Å². The van der Waals surface area contributed by atoms with Crippen LogP contribution in [-0.4, -0.2) is 10.2 Å². The molecule has 12 rings (SSSR count). The summed E-state index contributed by atoms with van der Waals surface area (Å²) in [5.74, 6) is 2.05. The molecule has 368 valence electrons. The van der Waals surface area contributed by atoms with Gasteiger partial charge in [0.1, 0.15) is 35.2 Å². The van der Waals surface area contributed by atoms with Crippen molar-refractivity contribution in [1.29, 1.82) is 0 Å². The van der Waals surface area contributed by atoms with E-state index >= 15 is 0 Å². The van der Waals surface area contributed by atoms with Gasteiger partial charge in [-0.15, -0.1) is 0 Å². The number of ether oxygens (including phenoxy) is 2. The van der Waals surface area contributed by atoms with Gasteiger partial charge in [0.15, 0.2) is 0 Å². The van der Waals surface area contributed by atoms with Crippen LogP contribution in [-0.2, 0) is 51.4 Å². The largest absolute Gasteiger partial charge is 0.507 e. The highest BCUT2D eigenvalue weighted by Crippen LogP contribution is 2.51. The number of phenols is 2. The van der Waals surface area contributed by atoms with Gasteiger partial charge in [-0.25, -0.2) is 0 Å². The number of phenolic OH excluding ortho intramolecular Hbond substituents is 2. The Morgan fingerprint density at radius 2 is 0.671 bits per heavy atom. The summed E-state index contributed by atoms with van der Waals surface area (Å²) in [5.41, 5.74) is 23.7. The Morgan fingerprint density at radius 1 is 0.356 bits per heavy atom. The standard InChI is InChI=1S/C69H68O4/c1-44-37-58(68(70)60(39-44)66-52-29-13-9-25-48(52)41-49-26-10-14-30-53(49)66)56-33-17-19-35-62(56)72-64(46-21-5-3-6-22-46)43-65(47-23-7-4-8-24-47)73-63-36-20-18-34-57(63)59-38-45(2)40-61(69(59)71)67-54-31-15-11-27-50(54)42-51-28-12-16-32-55(51)67/h3-8,17-24,33-42,64-65,70-71H,9-16,25-32,43H2,1-2H3/t64-,65?/m1/s1. The number of hydrogen-bond acceptors (Lipinski definition) is 4. The van der Waals surface area contributed by atoms with Crippen LogP contribution in [0.5, 0.6) is 23.0 Å². The summed E-state index contributed by atoms with van der Waals surface area (Å²) < 4.78 is 14.7. The van der Waals surface area contributed by atoms with Crippen LogP contribution in [0.4, 0.5) is 0 Å². The molecule has 73 heavy (non-hydrogen) atoms. The van der Waals surface area contributed by atoms with Crippen molar-refractivity contribution in [2.24, 2.45) is 0 Å². The molecule has 0 saturated heterocycles. The van der Waals surface area contributed by atoms with Gasteiger partial charge in [0.25, 0.3) is 0 Å². The van der Waals surface area contributed by atoms with E-state index in [0.717, 1.165) is 107 Å². The van der Waals surface area contributed by atoms with Crippen LogP contribution in [0.25, 0.3) is 44.5 Å². The predicted octanol–water partition coefficient (Wildman–Crippen LogP) is 17.2. The second-order valence-electron chi connectivity index (χ2n) is 21.6. The number of fused-ring (bicyclic) bond motifs is 4. The van der Waals surface area contributed by atoms with Crippen LogP contribution in [0.15, 0.2) is 146 Å². The van der Waals surface area contributed by atoms with Gasteiger partial charge < -0.3 is 19.7 Å². The van der Waals surface area contributed by atoms with E-state index in [1.807, 2.05) is 48.5 Å². The highest BCUT2D eigenvalue weighted by atomic mass is 16.5. The number of para-hydroxylation sites is 2. The van der Waals surface area contributed by atoms with E-state index in [-0.39, 0.29) is 0 Å². The average Bonchev–Trinajstić information content (AvgIpc) is 3.43. The summed E-state index contributed by atoms with van der Waals surface area (Å²) in [7, 11) is 0. The van der Waals surface area contributed by atoms with Crippen molar-refractivity contribution in [3.05, 3.63) is 212 Å². The third-order valence-corrected chi connectivity index (χ3v) is 16.7. The third kappa shape index (κ3) is 9.24. The molecule has 0 amide bonds. The highest BCUT2D eigenvalue weighted by Gasteiger charge is 2.31. The molecule has 4 heteroatoms. The lowest BCUT2D eigenvalue weighted by Gasteiger charge is -2.29. The molecule has 4 aliphatic carbocycles. The van der Waals surface area contributed by atoms with Crippen molar-refractivity contribution in [3.8, 4) is 67.5 Å². The van der Waals surface area contributed by atoms with Gasteiger partial charge in [0.2, 0.25) is 0 Å². The molecular formula is C69H68O4. The first-order valence-corrected chi connectivity index (χ1v) is 27.5. The van der Waals surface area contributed by atoms with Crippen molar-refractivity contribution in [3.63, 3.8) is 0 Å². The van der Waals surface area contributed by atoms with Gasteiger partial charge in [-0.2, -0.15) is 0 Å². The molecule has 8 aromatic carbocycles. The lowest BCUT2D eigenvalue weighted by Crippen LogP contribution is -2.17. The van der Waals surface area contributed by atoms with Gasteiger partial charge in [0, 0.05) is 39.8 Å². The van der Waals surface area contributed by atoms with Crippen LogP contribution >= 0.6 is 0 Å². The zero-order valence-corrected chi connectivity index (χ0v) is 42.7. The molecule has 1 unspecified atom stereocenters. The molecule has 0 spiro atoms. The predicted molar refractivity (Wildman–Crippen MR) is 298 cm³/mol. The molecule has 0 fully saturated rings. The fourth-order valence-electron chi connectivity index (χ4n) is 13.2. The quantitative estimate of drug-likeness (QED) is 0.128. The second-order valence-corrected chi connectivity index (χ2v) is 21.6. The first-order chi connectivity index (χ1) is 35.9. The summed E-state index contributed by atoms with van der Waals surface area (Å²) in [4.78, 5) is 0.